The molecule has 1 heterocycles. The molecular weight excluding hydrogens is 356 g/mol. The summed E-state index contributed by atoms with van der Waals surface area (Å²) in [7, 11) is -3.67. The molecule has 1 aliphatic heterocycles. The van der Waals surface area contributed by atoms with Gasteiger partial charge in [-0.2, -0.15) is 4.31 Å². The monoisotopic (exact) mass is 380 g/mol. The maximum atomic E-state index is 12.7. The highest BCUT2D eigenvalue weighted by Crippen LogP contribution is 2.28. The first-order valence-electron chi connectivity index (χ1n) is 8.99. The summed E-state index contributed by atoms with van der Waals surface area (Å²) in [4.78, 5) is 25.1. The van der Waals surface area contributed by atoms with E-state index in [1.165, 1.54) is 41.4 Å². The number of carbonyl (C=O) groups excluding carboxylic acids is 1. The number of hydrogen-bond donors (Lipinski definition) is 1. The van der Waals surface area contributed by atoms with Gasteiger partial charge in [-0.1, -0.05) is 12.8 Å². The molecule has 7 nitrogen and oxygen atoms in total. The van der Waals surface area contributed by atoms with Gasteiger partial charge < -0.3 is 10.0 Å². The third-order valence-corrected chi connectivity index (χ3v) is 7.18. The predicted octanol–water partition coefficient (Wildman–Crippen LogP) is 1.80. The van der Waals surface area contributed by atoms with E-state index in [-0.39, 0.29) is 29.5 Å². The van der Waals surface area contributed by atoms with Gasteiger partial charge in [0, 0.05) is 32.6 Å². The van der Waals surface area contributed by atoms with Gasteiger partial charge in [0.2, 0.25) is 15.9 Å². The van der Waals surface area contributed by atoms with Crippen LogP contribution >= 0.6 is 0 Å². The van der Waals surface area contributed by atoms with E-state index in [1.807, 2.05) is 0 Å². The summed E-state index contributed by atoms with van der Waals surface area (Å²) in [5, 5.41) is 8.91. The van der Waals surface area contributed by atoms with Gasteiger partial charge in [-0.05, 0) is 43.0 Å². The number of carbonyl (C=O) groups is 2. The molecule has 1 aliphatic carbocycles. The molecule has 2 aliphatic rings. The van der Waals surface area contributed by atoms with Crippen LogP contribution in [0.25, 0.3) is 0 Å². The third-order valence-electron chi connectivity index (χ3n) is 5.27. The van der Waals surface area contributed by atoms with Crippen LogP contribution in [-0.2, 0) is 14.8 Å². The quantitative estimate of drug-likeness (QED) is 0.840. The van der Waals surface area contributed by atoms with Gasteiger partial charge in [-0.25, -0.2) is 13.2 Å². The van der Waals surface area contributed by atoms with E-state index in [9.17, 15) is 18.0 Å². The second kappa shape index (κ2) is 7.75. The highest BCUT2D eigenvalue weighted by Gasteiger charge is 2.31. The number of nitrogens with zero attached hydrogens (tertiary/aromatic N) is 2. The lowest BCUT2D eigenvalue weighted by Crippen LogP contribution is -2.50. The lowest BCUT2D eigenvalue weighted by molar-refractivity contribution is -0.133. The number of aromatic carboxylic acids is 1. The fourth-order valence-corrected chi connectivity index (χ4v) is 5.11. The van der Waals surface area contributed by atoms with Crippen molar-refractivity contribution < 1.29 is 23.1 Å². The van der Waals surface area contributed by atoms with E-state index < -0.39 is 16.0 Å². The van der Waals surface area contributed by atoms with Crippen LogP contribution in [0.5, 0.6) is 0 Å². The lowest BCUT2D eigenvalue weighted by atomic mass is 10.0. The van der Waals surface area contributed by atoms with E-state index in [0.29, 0.717) is 25.4 Å². The molecule has 0 atom stereocenters. The number of hydrogen-bond acceptors (Lipinski definition) is 4. The van der Waals surface area contributed by atoms with Gasteiger partial charge in [0.1, 0.15) is 0 Å². The van der Waals surface area contributed by atoms with E-state index in [0.717, 1.165) is 12.8 Å². The number of piperazine rings is 1. The highest BCUT2D eigenvalue weighted by atomic mass is 32.2. The summed E-state index contributed by atoms with van der Waals surface area (Å²) in [5.41, 5.74) is 0.0475. The van der Waals surface area contributed by atoms with Gasteiger partial charge in [0.05, 0.1) is 10.5 Å². The number of carboxylic acid groups (broad SMARTS) is 1. The Bertz CT molecular complexity index is 761. The molecular formula is C18H24N2O5S. The number of carboxylic acids is 1. The molecule has 0 bridgehead atoms. The molecule has 0 unspecified atom stereocenters. The van der Waals surface area contributed by atoms with Crippen molar-refractivity contribution in [2.24, 2.45) is 5.92 Å². The zero-order chi connectivity index (χ0) is 18.7. The van der Waals surface area contributed by atoms with Crippen molar-refractivity contribution in [2.75, 3.05) is 26.2 Å². The molecule has 26 heavy (non-hydrogen) atoms. The van der Waals surface area contributed by atoms with Crippen molar-refractivity contribution in [2.45, 2.75) is 37.0 Å². The standard InChI is InChI=1S/C18H24N2O5S/c21-17(13-14-3-1-2-4-14)19-9-11-20(12-10-19)26(24,25)16-7-5-15(6-8-16)18(22)23/h5-8,14H,1-4,9-13H2,(H,22,23). The molecule has 1 aromatic rings. The Morgan fingerprint density at radius 3 is 2.12 bits per heavy atom. The summed E-state index contributed by atoms with van der Waals surface area (Å²) < 4.78 is 26.8. The summed E-state index contributed by atoms with van der Waals surface area (Å²) >= 11 is 0. The Morgan fingerprint density at radius 2 is 1.58 bits per heavy atom. The molecule has 0 radical (unpaired) electrons. The van der Waals surface area contributed by atoms with Crippen LogP contribution in [0.4, 0.5) is 0 Å². The first kappa shape index (κ1) is 18.8. The zero-order valence-corrected chi connectivity index (χ0v) is 15.5. The van der Waals surface area contributed by atoms with E-state index in [1.54, 1.807) is 4.90 Å². The highest BCUT2D eigenvalue weighted by molar-refractivity contribution is 7.89. The van der Waals surface area contributed by atoms with Crippen molar-refractivity contribution in [3.8, 4) is 0 Å². The van der Waals surface area contributed by atoms with Crippen LogP contribution < -0.4 is 0 Å². The first-order chi connectivity index (χ1) is 12.4. The van der Waals surface area contributed by atoms with Crippen molar-refractivity contribution >= 4 is 21.9 Å². The Labute approximate surface area is 153 Å². The van der Waals surface area contributed by atoms with Gasteiger partial charge >= 0.3 is 5.97 Å². The average molecular weight is 380 g/mol. The Balaban J connectivity index is 1.59. The number of benzene rings is 1. The topological polar surface area (TPSA) is 95.0 Å². The molecule has 0 aromatic heterocycles. The van der Waals surface area contributed by atoms with Gasteiger partial charge in [0.15, 0.2) is 0 Å². The van der Waals surface area contributed by atoms with Gasteiger partial charge in [-0.3, -0.25) is 4.79 Å². The van der Waals surface area contributed by atoms with Crippen LogP contribution in [0.3, 0.4) is 0 Å². The molecule has 1 amide bonds. The minimum Gasteiger partial charge on any atom is -0.478 e. The van der Waals surface area contributed by atoms with Gasteiger partial charge in [0.25, 0.3) is 0 Å². The molecule has 1 saturated carbocycles. The van der Waals surface area contributed by atoms with Crippen LogP contribution in [0.15, 0.2) is 29.2 Å². The molecule has 1 saturated heterocycles. The molecule has 1 aromatic carbocycles. The smallest absolute Gasteiger partial charge is 0.335 e. The second-order valence-corrected chi connectivity index (χ2v) is 8.91. The molecule has 0 spiro atoms. The third kappa shape index (κ3) is 4.07. The molecule has 2 fully saturated rings. The normalized spacial score (nSPS) is 19.6. The minimum atomic E-state index is -3.67. The molecule has 8 heteroatoms. The second-order valence-electron chi connectivity index (χ2n) is 6.97. The average Bonchev–Trinajstić information content (AvgIpc) is 3.15. The summed E-state index contributed by atoms with van der Waals surface area (Å²) in [6.07, 6.45) is 5.21. The SMILES string of the molecule is O=C(O)c1ccc(S(=O)(=O)N2CCN(C(=O)CC3CCCC3)CC2)cc1. The number of amides is 1. The maximum absolute atomic E-state index is 12.7. The van der Waals surface area contributed by atoms with Crippen molar-refractivity contribution in [1.82, 2.24) is 9.21 Å². The van der Waals surface area contributed by atoms with Crippen LogP contribution in [0, 0.1) is 5.92 Å². The minimum absolute atomic E-state index is 0.0475. The molecule has 3 rings (SSSR count). The lowest BCUT2D eigenvalue weighted by Gasteiger charge is -2.34. The number of rotatable bonds is 5. The fourth-order valence-electron chi connectivity index (χ4n) is 3.69. The predicted molar refractivity (Wildman–Crippen MR) is 95.3 cm³/mol. The Morgan fingerprint density at radius 1 is 1.00 bits per heavy atom. The van der Waals surface area contributed by atoms with Crippen molar-refractivity contribution in [3.05, 3.63) is 29.8 Å². The summed E-state index contributed by atoms with van der Waals surface area (Å²) in [6.45, 7) is 1.33. The van der Waals surface area contributed by atoms with E-state index in [2.05, 4.69) is 0 Å². The van der Waals surface area contributed by atoms with Gasteiger partial charge in [-0.15, -0.1) is 0 Å². The molecule has 1 N–H and O–H groups in total. The summed E-state index contributed by atoms with van der Waals surface area (Å²) in [5.74, 6) is -0.486. The Hall–Kier alpha value is -1.93. The fraction of sp³-hybridized carbons (Fsp3) is 0.556. The number of sulfonamides is 1. The van der Waals surface area contributed by atoms with Crippen LogP contribution in [0.2, 0.25) is 0 Å². The van der Waals surface area contributed by atoms with Crippen LogP contribution in [-0.4, -0.2) is 60.8 Å². The van der Waals surface area contributed by atoms with E-state index >= 15 is 0 Å². The van der Waals surface area contributed by atoms with Crippen molar-refractivity contribution in [1.29, 1.82) is 0 Å². The summed E-state index contributed by atoms with van der Waals surface area (Å²) in [6, 6.07) is 5.21. The largest absolute Gasteiger partial charge is 0.478 e. The first-order valence-corrected chi connectivity index (χ1v) is 10.4. The Kier molecular flexibility index (Phi) is 5.62. The van der Waals surface area contributed by atoms with Crippen molar-refractivity contribution in [3.63, 3.8) is 0 Å². The van der Waals surface area contributed by atoms with E-state index in [4.69, 9.17) is 5.11 Å². The zero-order valence-electron chi connectivity index (χ0n) is 14.6. The molecule has 142 valence electrons. The maximum Gasteiger partial charge on any atom is 0.335 e. The van der Waals surface area contributed by atoms with Crippen LogP contribution in [0.1, 0.15) is 42.5 Å².